The Morgan fingerprint density at radius 2 is 1.76 bits per heavy atom. The molecule has 1 atom stereocenters. The van der Waals surface area contributed by atoms with Gasteiger partial charge in [-0.2, -0.15) is 0 Å². The van der Waals surface area contributed by atoms with Crippen LogP contribution >= 0.6 is 0 Å². The van der Waals surface area contributed by atoms with Crippen LogP contribution < -0.4 is 20.1 Å². The van der Waals surface area contributed by atoms with Crippen LogP contribution in [0.4, 0.5) is 10.5 Å². The molecular weight excluding hydrogens is 374 g/mol. The van der Waals surface area contributed by atoms with E-state index in [1.165, 1.54) is 7.11 Å². The molecular formula is C21H27N3O5. The molecule has 1 heterocycles. The number of benzene rings is 1. The summed E-state index contributed by atoms with van der Waals surface area (Å²) < 4.78 is 15.7. The lowest BCUT2D eigenvalue weighted by Gasteiger charge is -2.18. The summed E-state index contributed by atoms with van der Waals surface area (Å²) >= 11 is 0. The Bertz CT molecular complexity index is 808. The zero-order valence-corrected chi connectivity index (χ0v) is 17.1. The van der Waals surface area contributed by atoms with Crippen molar-refractivity contribution < 1.29 is 23.8 Å². The minimum Gasteiger partial charge on any atom is -0.497 e. The van der Waals surface area contributed by atoms with E-state index in [4.69, 9.17) is 14.2 Å². The largest absolute Gasteiger partial charge is 0.497 e. The molecule has 8 nitrogen and oxygen atoms in total. The number of esters is 1. The van der Waals surface area contributed by atoms with E-state index in [1.807, 2.05) is 13.8 Å². The molecule has 0 spiro atoms. The summed E-state index contributed by atoms with van der Waals surface area (Å²) in [6.07, 6.45) is 2.18. The smallest absolute Gasteiger partial charge is 0.319 e. The molecule has 0 bridgehead atoms. The van der Waals surface area contributed by atoms with Gasteiger partial charge in [-0.1, -0.05) is 13.8 Å². The van der Waals surface area contributed by atoms with Gasteiger partial charge in [-0.3, -0.25) is 4.79 Å². The summed E-state index contributed by atoms with van der Waals surface area (Å²) in [5.41, 5.74) is 0.402. The van der Waals surface area contributed by atoms with Gasteiger partial charge < -0.3 is 24.8 Å². The number of carbonyl (C=O) groups is 2. The number of pyridine rings is 1. The van der Waals surface area contributed by atoms with Gasteiger partial charge in [-0.05, 0) is 48.7 Å². The molecule has 29 heavy (non-hydrogen) atoms. The third-order valence-electron chi connectivity index (χ3n) is 4.09. The molecule has 0 aliphatic heterocycles. The van der Waals surface area contributed by atoms with Crippen LogP contribution in [-0.4, -0.2) is 37.7 Å². The fraction of sp³-hybridized carbons (Fsp3) is 0.381. The molecule has 1 unspecified atom stereocenters. The Labute approximate surface area is 170 Å². The molecule has 2 amide bonds. The number of aromatic nitrogens is 1. The zero-order chi connectivity index (χ0) is 21.2. The second-order valence-corrected chi connectivity index (χ2v) is 6.82. The van der Waals surface area contributed by atoms with E-state index in [9.17, 15) is 9.59 Å². The highest BCUT2D eigenvalue weighted by Crippen LogP contribution is 2.28. The van der Waals surface area contributed by atoms with Gasteiger partial charge >= 0.3 is 12.0 Å². The molecule has 8 heteroatoms. The third-order valence-corrected chi connectivity index (χ3v) is 4.09. The van der Waals surface area contributed by atoms with Gasteiger partial charge in [0.05, 0.1) is 20.1 Å². The Balaban J connectivity index is 2.00. The summed E-state index contributed by atoms with van der Waals surface area (Å²) in [6.45, 7) is 4.19. The fourth-order valence-electron chi connectivity index (χ4n) is 2.70. The molecule has 2 rings (SSSR count). The third kappa shape index (κ3) is 6.99. The highest BCUT2D eigenvalue weighted by atomic mass is 16.5. The van der Waals surface area contributed by atoms with Gasteiger partial charge in [0, 0.05) is 12.7 Å². The minimum absolute atomic E-state index is 0.172. The number of hydrogen-bond donors (Lipinski definition) is 2. The topological polar surface area (TPSA) is 98.8 Å². The lowest BCUT2D eigenvalue weighted by molar-refractivity contribution is -0.145. The Morgan fingerprint density at radius 3 is 2.38 bits per heavy atom. The molecule has 0 saturated heterocycles. The predicted octanol–water partition coefficient (Wildman–Crippen LogP) is 3.84. The summed E-state index contributed by atoms with van der Waals surface area (Å²) in [5.74, 6) is 1.05. The lowest BCUT2D eigenvalue weighted by Crippen LogP contribution is -2.36. The van der Waals surface area contributed by atoms with Crippen molar-refractivity contribution in [3.8, 4) is 17.4 Å². The van der Waals surface area contributed by atoms with E-state index in [-0.39, 0.29) is 18.4 Å². The molecule has 2 N–H and O–H groups in total. The number of carbonyl (C=O) groups excluding carboxylic acids is 2. The summed E-state index contributed by atoms with van der Waals surface area (Å²) in [5, 5.41) is 5.41. The van der Waals surface area contributed by atoms with E-state index < -0.39 is 11.9 Å². The first-order chi connectivity index (χ1) is 13.9. The van der Waals surface area contributed by atoms with Crippen molar-refractivity contribution in [3.63, 3.8) is 0 Å². The van der Waals surface area contributed by atoms with Gasteiger partial charge in [0.25, 0.3) is 0 Å². The number of nitrogens with zero attached hydrogens (tertiary/aromatic N) is 1. The molecule has 1 aromatic carbocycles. The molecule has 0 saturated carbocycles. The van der Waals surface area contributed by atoms with Crippen LogP contribution in [0.2, 0.25) is 0 Å². The molecule has 156 valence electrons. The molecule has 0 aliphatic carbocycles. The van der Waals surface area contributed by atoms with E-state index >= 15 is 0 Å². The highest BCUT2D eigenvalue weighted by Gasteiger charge is 2.21. The standard InChI is InChI=1S/C21H27N3O5/c1-14(2)12-15(20(25)28-4)13-23-21(26)24-18-6-5-11-22-19(18)29-17-9-7-16(27-3)8-10-17/h5-11,14-15H,12-13H2,1-4H3,(H2,23,24,26). The van der Waals surface area contributed by atoms with Crippen molar-refractivity contribution in [2.24, 2.45) is 11.8 Å². The number of amides is 2. The van der Waals surface area contributed by atoms with E-state index in [0.717, 1.165) is 0 Å². The number of urea groups is 1. The SMILES string of the molecule is COC(=O)C(CNC(=O)Nc1cccnc1Oc1ccc(OC)cc1)CC(C)C. The number of anilines is 1. The van der Waals surface area contributed by atoms with Gasteiger partial charge in [0.15, 0.2) is 0 Å². The highest BCUT2D eigenvalue weighted by molar-refractivity contribution is 5.90. The van der Waals surface area contributed by atoms with Crippen molar-refractivity contribution in [3.05, 3.63) is 42.6 Å². The van der Waals surface area contributed by atoms with E-state index in [1.54, 1.807) is 49.7 Å². The van der Waals surface area contributed by atoms with Crippen molar-refractivity contribution in [2.45, 2.75) is 20.3 Å². The maximum atomic E-state index is 12.3. The lowest BCUT2D eigenvalue weighted by atomic mass is 9.97. The quantitative estimate of drug-likeness (QED) is 0.620. The minimum atomic E-state index is -0.463. The van der Waals surface area contributed by atoms with Crippen molar-refractivity contribution >= 4 is 17.7 Å². The fourth-order valence-corrected chi connectivity index (χ4v) is 2.70. The van der Waals surface area contributed by atoms with Gasteiger partial charge in [-0.25, -0.2) is 9.78 Å². The van der Waals surface area contributed by atoms with E-state index in [0.29, 0.717) is 29.5 Å². The maximum Gasteiger partial charge on any atom is 0.319 e. The average Bonchev–Trinajstić information content (AvgIpc) is 2.72. The van der Waals surface area contributed by atoms with Crippen LogP contribution in [0.5, 0.6) is 17.4 Å². The number of rotatable bonds is 9. The molecule has 0 radical (unpaired) electrons. The van der Waals surface area contributed by atoms with Crippen molar-refractivity contribution in [2.75, 3.05) is 26.1 Å². The summed E-state index contributed by atoms with van der Waals surface area (Å²) in [7, 11) is 2.93. The van der Waals surface area contributed by atoms with Gasteiger partial charge in [0.2, 0.25) is 5.88 Å². The second-order valence-electron chi connectivity index (χ2n) is 6.82. The average molecular weight is 401 g/mol. The Morgan fingerprint density at radius 1 is 1.07 bits per heavy atom. The number of methoxy groups -OCH3 is 2. The number of hydrogen-bond acceptors (Lipinski definition) is 6. The zero-order valence-electron chi connectivity index (χ0n) is 17.1. The first-order valence-corrected chi connectivity index (χ1v) is 9.32. The van der Waals surface area contributed by atoms with Crippen molar-refractivity contribution in [1.29, 1.82) is 0 Å². The first-order valence-electron chi connectivity index (χ1n) is 9.32. The normalized spacial score (nSPS) is 11.5. The summed E-state index contributed by atoms with van der Waals surface area (Å²) in [4.78, 5) is 28.4. The second kappa shape index (κ2) is 10.9. The first kappa shape index (κ1) is 22.0. The number of ether oxygens (including phenoxy) is 3. The molecule has 0 fully saturated rings. The Hall–Kier alpha value is -3.29. The number of nitrogens with one attached hydrogen (secondary N) is 2. The van der Waals surface area contributed by atoms with Crippen LogP contribution in [-0.2, 0) is 9.53 Å². The van der Waals surface area contributed by atoms with Crippen LogP contribution in [0.3, 0.4) is 0 Å². The van der Waals surface area contributed by atoms with Crippen LogP contribution in [0.15, 0.2) is 42.6 Å². The van der Waals surface area contributed by atoms with E-state index in [2.05, 4.69) is 15.6 Å². The van der Waals surface area contributed by atoms with Gasteiger partial charge in [-0.15, -0.1) is 0 Å². The van der Waals surface area contributed by atoms with Crippen LogP contribution in [0, 0.1) is 11.8 Å². The van der Waals surface area contributed by atoms with Crippen LogP contribution in [0.25, 0.3) is 0 Å². The summed E-state index contributed by atoms with van der Waals surface area (Å²) in [6, 6.07) is 9.91. The van der Waals surface area contributed by atoms with Crippen LogP contribution in [0.1, 0.15) is 20.3 Å². The van der Waals surface area contributed by atoms with Crippen molar-refractivity contribution in [1.82, 2.24) is 10.3 Å². The Kier molecular flexibility index (Phi) is 8.27. The predicted molar refractivity (Wildman–Crippen MR) is 109 cm³/mol. The molecule has 0 aliphatic rings. The monoisotopic (exact) mass is 401 g/mol. The maximum absolute atomic E-state index is 12.3. The molecule has 2 aromatic rings. The van der Waals surface area contributed by atoms with Gasteiger partial charge in [0.1, 0.15) is 17.2 Å². The molecule has 1 aromatic heterocycles.